The van der Waals surface area contributed by atoms with Crippen molar-refractivity contribution in [3.63, 3.8) is 0 Å². The number of carbonyl (C=O) groups is 6. The highest BCUT2D eigenvalue weighted by Gasteiger charge is 2.37. The van der Waals surface area contributed by atoms with Gasteiger partial charge in [0.15, 0.2) is 0 Å². The number of carbonyl (C=O) groups excluding carboxylic acids is 5. The van der Waals surface area contributed by atoms with E-state index in [4.69, 9.17) is 5.73 Å². The summed E-state index contributed by atoms with van der Waals surface area (Å²) in [7, 11) is 0. The molecule has 13 nitrogen and oxygen atoms in total. The fraction of sp³-hybridized carbons (Fsp3) is 0.415. The highest BCUT2D eigenvalue weighted by molar-refractivity contribution is 7.99. The number of nitrogens with zero attached hydrogens (tertiary/aromatic N) is 3. The van der Waals surface area contributed by atoms with E-state index in [0.717, 1.165) is 46.5 Å². The summed E-state index contributed by atoms with van der Waals surface area (Å²) in [6, 6.07) is 14.3. The molecule has 2 atom stereocenters. The zero-order valence-corrected chi connectivity index (χ0v) is 33.2. The molecule has 0 unspecified atom stereocenters. The number of hydrogen-bond donors (Lipinski definition) is 4. The summed E-state index contributed by atoms with van der Waals surface area (Å²) in [5, 5.41) is 14.7. The highest BCUT2D eigenvalue weighted by atomic mass is 32.2. The molecule has 1 aromatic heterocycles. The molecule has 16 heteroatoms. The monoisotopic (exact) mass is 808 g/mol. The maximum atomic E-state index is 15.1. The van der Waals surface area contributed by atoms with Crippen LogP contribution in [-0.4, -0.2) is 99.2 Å². The smallest absolute Gasteiger partial charge is 0.308 e. The molecule has 5 N–H and O–H groups in total. The van der Waals surface area contributed by atoms with Gasteiger partial charge in [0.1, 0.15) is 18.2 Å². The fourth-order valence-corrected chi connectivity index (χ4v) is 7.30. The molecule has 0 spiro atoms. The number of hydrogen-bond acceptors (Lipinski definition) is 8. The van der Waals surface area contributed by atoms with Crippen molar-refractivity contribution in [2.45, 2.75) is 52.6 Å². The van der Waals surface area contributed by atoms with Gasteiger partial charge >= 0.3 is 5.97 Å². The van der Waals surface area contributed by atoms with Crippen LogP contribution in [0.1, 0.15) is 57.3 Å². The van der Waals surface area contributed by atoms with Gasteiger partial charge in [-0.2, -0.15) is 11.8 Å². The van der Waals surface area contributed by atoms with Crippen LogP contribution in [0.25, 0.3) is 11.1 Å². The standard InChI is InChI=1S/C41H50F2N6O7S/c1-41(2,3)39(33-20-29(31-21-30(42)10-11-32(31)43)24-47(33)23-27-8-5-4-6-9-27)48(18-7-16-44)38(54)26-57-19-15-34(50)45-17-14-28(40(55)56)22-46-35(51)25-49-36(52)12-13-37(49)53/h4-6,8-13,20-21,24,28,39H,7,14-19,22-23,25-26,44H2,1-3H3,(H,45,50)(H,46,51)(H,55,56)/t28-,39+/m1/s1. The van der Waals surface area contributed by atoms with Crippen molar-refractivity contribution in [2.24, 2.45) is 17.1 Å². The predicted molar refractivity (Wildman–Crippen MR) is 212 cm³/mol. The van der Waals surface area contributed by atoms with Crippen LogP contribution in [0.2, 0.25) is 0 Å². The molecule has 0 bridgehead atoms. The molecule has 0 aliphatic carbocycles. The van der Waals surface area contributed by atoms with Gasteiger partial charge in [0.25, 0.3) is 11.8 Å². The lowest BCUT2D eigenvalue weighted by Gasteiger charge is -2.41. The van der Waals surface area contributed by atoms with E-state index < -0.39 is 59.2 Å². The molecule has 0 radical (unpaired) electrons. The number of carboxylic acids is 1. The Morgan fingerprint density at radius 2 is 1.67 bits per heavy atom. The summed E-state index contributed by atoms with van der Waals surface area (Å²) >= 11 is 1.28. The number of carboxylic acid groups (broad SMARTS) is 1. The van der Waals surface area contributed by atoms with Gasteiger partial charge in [-0.15, -0.1) is 0 Å². The van der Waals surface area contributed by atoms with Crippen LogP contribution in [-0.2, 0) is 35.3 Å². The second kappa shape index (κ2) is 20.7. The van der Waals surface area contributed by atoms with Gasteiger partial charge < -0.3 is 30.9 Å². The number of halogens is 2. The first-order valence-electron chi connectivity index (χ1n) is 18.7. The lowest BCUT2D eigenvalue weighted by molar-refractivity contribution is -0.143. The zero-order chi connectivity index (χ0) is 41.7. The van der Waals surface area contributed by atoms with Crippen LogP contribution >= 0.6 is 11.8 Å². The molecule has 3 aromatic rings. The molecule has 0 saturated heterocycles. The lowest BCUT2D eigenvalue weighted by atomic mass is 9.83. The van der Waals surface area contributed by atoms with Gasteiger partial charge in [-0.3, -0.25) is 33.7 Å². The molecule has 1 aliphatic heterocycles. The Labute approximate surface area is 335 Å². The summed E-state index contributed by atoms with van der Waals surface area (Å²) < 4.78 is 31.4. The van der Waals surface area contributed by atoms with Crippen LogP contribution in [0.5, 0.6) is 0 Å². The molecular formula is C41H50F2N6O7S. The first-order chi connectivity index (χ1) is 27.1. The Hall–Kier alpha value is -5.35. The minimum Gasteiger partial charge on any atom is -0.481 e. The Morgan fingerprint density at radius 1 is 0.965 bits per heavy atom. The number of amides is 5. The highest BCUT2D eigenvalue weighted by Crippen LogP contribution is 2.41. The van der Waals surface area contributed by atoms with E-state index in [9.17, 15) is 38.3 Å². The number of aromatic nitrogens is 1. The predicted octanol–water partition coefficient (Wildman–Crippen LogP) is 4.12. The number of nitrogens with two attached hydrogens (primary N) is 1. The van der Waals surface area contributed by atoms with Crippen molar-refractivity contribution in [3.05, 3.63) is 95.8 Å². The minimum atomic E-state index is -1.19. The Balaban J connectivity index is 1.38. The van der Waals surface area contributed by atoms with E-state index in [0.29, 0.717) is 37.4 Å². The topological polar surface area (TPSA) is 184 Å². The second-order valence-electron chi connectivity index (χ2n) is 14.8. The summed E-state index contributed by atoms with van der Waals surface area (Å²) in [6.07, 6.45) is 4.46. The third-order valence-electron chi connectivity index (χ3n) is 9.31. The van der Waals surface area contributed by atoms with E-state index in [1.807, 2.05) is 61.7 Å². The van der Waals surface area contributed by atoms with E-state index >= 15 is 4.39 Å². The van der Waals surface area contributed by atoms with Crippen molar-refractivity contribution in [3.8, 4) is 11.1 Å². The normalized spacial score (nSPS) is 13.8. The van der Waals surface area contributed by atoms with Gasteiger partial charge in [-0.25, -0.2) is 8.78 Å². The molecule has 5 amide bonds. The molecule has 0 fully saturated rings. The lowest BCUT2D eigenvalue weighted by Crippen LogP contribution is -2.44. The van der Waals surface area contributed by atoms with Crippen LogP contribution in [0, 0.1) is 23.0 Å². The molecule has 2 aromatic carbocycles. The average Bonchev–Trinajstić information content (AvgIpc) is 3.71. The molecule has 2 heterocycles. The van der Waals surface area contributed by atoms with Crippen molar-refractivity contribution < 1.29 is 42.7 Å². The second-order valence-corrected chi connectivity index (χ2v) is 15.9. The number of imide groups is 1. The van der Waals surface area contributed by atoms with Crippen molar-refractivity contribution >= 4 is 47.3 Å². The fourth-order valence-electron chi connectivity index (χ4n) is 6.49. The number of thioether (sulfide) groups is 1. The zero-order valence-electron chi connectivity index (χ0n) is 32.3. The Kier molecular flexibility index (Phi) is 16.1. The maximum absolute atomic E-state index is 15.1. The number of aliphatic carboxylic acids is 1. The summed E-state index contributed by atoms with van der Waals surface area (Å²) in [4.78, 5) is 76.5. The van der Waals surface area contributed by atoms with Crippen molar-refractivity contribution in [1.29, 1.82) is 0 Å². The third-order valence-corrected chi connectivity index (χ3v) is 10.3. The van der Waals surface area contributed by atoms with Gasteiger partial charge in [0.2, 0.25) is 17.7 Å². The molecular weight excluding hydrogens is 759 g/mol. The molecule has 306 valence electrons. The Bertz CT molecular complexity index is 1930. The van der Waals surface area contributed by atoms with Crippen LogP contribution in [0.4, 0.5) is 8.78 Å². The largest absolute Gasteiger partial charge is 0.481 e. The third kappa shape index (κ3) is 12.8. The Morgan fingerprint density at radius 3 is 2.32 bits per heavy atom. The van der Waals surface area contributed by atoms with Crippen LogP contribution < -0.4 is 16.4 Å². The minimum absolute atomic E-state index is 0.0139. The van der Waals surface area contributed by atoms with Gasteiger partial charge in [-0.1, -0.05) is 51.1 Å². The van der Waals surface area contributed by atoms with Crippen LogP contribution in [0.3, 0.4) is 0 Å². The van der Waals surface area contributed by atoms with Gasteiger partial charge in [-0.05, 0) is 54.6 Å². The summed E-state index contributed by atoms with van der Waals surface area (Å²) in [5.41, 5.74) is 7.72. The van der Waals surface area contributed by atoms with E-state index in [1.54, 1.807) is 11.1 Å². The van der Waals surface area contributed by atoms with Gasteiger partial charge in [0.05, 0.1) is 17.7 Å². The summed E-state index contributed by atoms with van der Waals surface area (Å²) in [5.74, 6) is -5.47. The molecule has 57 heavy (non-hydrogen) atoms. The molecule has 1 aliphatic rings. The van der Waals surface area contributed by atoms with Crippen molar-refractivity contribution in [2.75, 3.05) is 44.2 Å². The number of rotatable bonds is 21. The number of benzene rings is 2. The molecule has 0 saturated carbocycles. The van der Waals surface area contributed by atoms with Crippen LogP contribution in [0.15, 0.2) is 72.9 Å². The average molecular weight is 809 g/mol. The van der Waals surface area contributed by atoms with E-state index in [2.05, 4.69) is 10.6 Å². The maximum Gasteiger partial charge on any atom is 0.308 e. The van der Waals surface area contributed by atoms with Crippen molar-refractivity contribution in [1.82, 2.24) is 25.0 Å². The quantitative estimate of drug-likeness (QED) is 0.0909. The number of nitrogens with one attached hydrogen (secondary N) is 2. The molecule has 4 rings (SSSR count). The first-order valence-corrected chi connectivity index (χ1v) is 19.8. The van der Waals surface area contributed by atoms with Gasteiger partial charge in [0, 0.05) is 73.5 Å². The summed E-state index contributed by atoms with van der Waals surface area (Å²) in [6.45, 7) is 6.37. The van der Waals surface area contributed by atoms with E-state index in [1.165, 1.54) is 11.8 Å². The first kappa shape index (κ1) is 44.4. The SMILES string of the molecule is CC(C)(C)[C@H](c1cc(-c2cc(F)ccc2F)cn1Cc1ccccc1)N(CCCN)C(=O)CSCCC(=O)NCC[C@H](CNC(=O)CN1C(=O)C=CC1=O)C(=O)O. The van der Waals surface area contributed by atoms with E-state index in [-0.39, 0.29) is 49.1 Å².